The van der Waals surface area contributed by atoms with Crippen LogP contribution in [0.25, 0.3) is 21.2 Å². The molecule has 2 saturated carbocycles. The third-order valence-corrected chi connectivity index (χ3v) is 9.72. The number of nitrogens with two attached hydrogens (primary N) is 1. The molecule has 3 aliphatic rings. The maximum atomic E-state index is 14.3. The van der Waals surface area contributed by atoms with Crippen molar-refractivity contribution in [1.29, 1.82) is 0 Å². The third-order valence-electron chi connectivity index (χ3n) is 9.72. The lowest BCUT2D eigenvalue weighted by Gasteiger charge is -2.38. The molecule has 2 aromatic carbocycles. The van der Waals surface area contributed by atoms with E-state index in [1.165, 1.54) is 4.90 Å². The van der Waals surface area contributed by atoms with Gasteiger partial charge in [-0.25, -0.2) is 0 Å². The molecule has 0 unspecified atom stereocenters. The van der Waals surface area contributed by atoms with E-state index in [4.69, 9.17) is 11.3 Å². The molecule has 12 heteroatoms. The second-order valence-electron chi connectivity index (χ2n) is 12.8. The van der Waals surface area contributed by atoms with E-state index >= 15 is 0 Å². The van der Waals surface area contributed by atoms with E-state index in [0.717, 1.165) is 49.3 Å². The summed E-state index contributed by atoms with van der Waals surface area (Å²) in [5, 5.41) is 11.5. The van der Waals surface area contributed by atoms with Crippen LogP contribution >= 0.6 is 0 Å². The van der Waals surface area contributed by atoms with Gasteiger partial charge >= 0.3 is 0 Å². The lowest BCUT2D eigenvalue weighted by Crippen LogP contribution is -2.62. The largest absolute Gasteiger partial charge is 0.363 e. The van der Waals surface area contributed by atoms with Gasteiger partial charge in [0.15, 0.2) is 0 Å². The number of Topliss-reactive ketones (excluding diaryl/α,β-unsaturated/α-hetero) is 1. The summed E-state index contributed by atoms with van der Waals surface area (Å²) in [6, 6.07) is 10.4. The highest BCUT2D eigenvalue weighted by atomic mass is 16.2. The van der Waals surface area contributed by atoms with Gasteiger partial charge in [0.05, 0.1) is 6.04 Å². The van der Waals surface area contributed by atoms with E-state index in [1.807, 2.05) is 30.3 Å². The van der Waals surface area contributed by atoms with Crippen molar-refractivity contribution < 1.29 is 24.0 Å². The Labute approximate surface area is 262 Å². The van der Waals surface area contributed by atoms with Crippen LogP contribution in [0.3, 0.4) is 0 Å². The van der Waals surface area contributed by atoms with Crippen LogP contribution in [-0.4, -0.2) is 64.5 Å². The third kappa shape index (κ3) is 7.28. The summed E-state index contributed by atoms with van der Waals surface area (Å²) < 4.78 is 0. The van der Waals surface area contributed by atoms with Crippen molar-refractivity contribution >= 4 is 40.2 Å². The highest BCUT2D eigenvalue weighted by Gasteiger charge is 2.48. The summed E-state index contributed by atoms with van der Waals surface area (Å²) in [7, 11) is 0. The maximum Gasteiger partial charge on any atom is 0.287 e. The van der Waals surface area contributed by atoms with Gasteiger partial charge in [0.1, 0.15) is 17.6 Å². The zero-order chi connectivity index (χ0) is 32.0. The number of nitrogens with one attached hydrogen (secondary N) is 2. The van der Waals surface area contributed by atoms with E-state index in [-0.39, 0.29) is 31.7 Å². The lowest BCUT2D eigenvalue weighted by molar-refractivity contribution is -0.145. The summed E-state index contributed by atoms with van der Waals surface area (Å²) in [5.74, 6) is -3.18. The standard InChI is InChI=1S/C33H41N7O5/c34-29(42)28(41)33(15-7-2-8-16-33)37-31(44)27-19-25(38-39-35)20-40(27)32(45)26(17-21-9-3-1-4-10-21)36-30(43)24-14-13-22-11-5-6-12-23(22)18-24/h5-6,11-14,18,21,25-27H,1-4,7-10,15-17,19-20H2,(H2,34,42)(H,36,43)(H,37,44)/t25-,26+,27-/m0/s1. The Morgan fingerprint density at radius 2 is 1.67 bits per heavy atom. The van der Waals surface area contributed by atoms with Crippen molar-refractivity contribution in [2.24, 2.45) is 16.8 Å². The van der Waals surface area contributed by atoms with E-state index in [1.54, 1.807) is 12.1 Å². The number of carbonyl (C=O) groups is 5. The first-order valence-electron chi connectivity index (χ1n) is 16.0. The fraction of sp³-hybridized carbons (Fsp3) is 0.545. The minimum absolute atomic E-state index is 0.00917. The monoisotopic (exact) mass is 615 g/mol. The van der Waals surface area contributed by atoms with E-state index in [2.05, 4.69) is 20.7 Å². The Morgan fingerprint density at radius 1 is 0.978 bits per heavy atom. The molecule has 3 atom stereocenters. The predicted molar refractivity (Wildman–Crippen MR) is 168 cm³/mol. The zero-order valence-corrected chi connectivity index (χ0v) is 25.5. The van der Waals surface area contributed by atoms with E-state index in [9.17, 15) is 24.0 Å². The van der Waals surface area contributed by atoms with Crippen LogP contribution < -0.4 is 16.4 Å². The topological polar surface area (TPSA) is 187 Å². The van der Waals surface area contributed by atoms with Crippen LogP contribution in [0.5, 0.6) is 0 Å². The smallest absolute Gasteiger partial charge is 0.287 e. The molecule has 45 heavy (non-hydrogen) atoms. The summed E-state index contributed by atoms with van der Waals surface area (Å²) in [5.41, 5.74) is 13.5. The second kappa shape index (κ2) is 14.1. The van der Waals surface area contributed by atoms with Gasteiger partial charge in [-0.15, -0.1) is 0 Å². The fourth-order valence-electron chi connectivity index (χ4n) is 7.33. The van der Waals surface area contributed by atoms with Crippen molar-refractivity contribution in [3.05, 3.63) is 58.5 Å². The first kappa shape index (κ1) is 32.0. The Morgan fingerprint density at radius 3 is 2.36 bits per heavy atom. The number of hydrogen-bond acceptors (Lipinski definition) is 6. The average molecular weight is 616 g/mol. The number of rotatable bonds is 10. The molecular weight excluding hydrogens is 574 g/mol. The Balaban J connectivity index is 1.41. The summed E-state index contributed by atoms with van der Waals surface area (Å²) in [6.45, 7) is -0.00917. The quantitative estimate of drug-likeness (QED) is 0.157. The SMILES string of the molecule is [N-]=[N+]=N[C@H]1C[C@@H](C(=O)NC2(C(=O)C(N)=O)CCCCC2)N(C(=O)[C@@H](CC2CCCCC2)NC(=O)c2ccc3ccccc3c2)C1. The number of benzene rings is 2. The highest BCUT2D eigenvalue weighted by Crippen LogP contribution is 2.32. The van der Waals surface area contributed by atoms with Gasteiger partial charge in [-0.2, -0.15) is 0 Å². The van der Waals surface area contributed by atoms with Crippen molar-refractivity contribution in [3.63, 3.8) is 0 Å². The molecule has 12 nitrogen and oxygen atoms in total. The van der Waals surface area contributed by atoms with Gasteiger partial charge in [-0.05, 0) is 60.0 Å². The number of likely N-dealkylation sites (tertiary alicyclic amines) is 1. The van der Waals surface area contributed by atoms with Gasteiger partial charge in [0.2, 0.25) is 17.6 Å². The van der Waals surface area contributed by atoms with Gasteiger partial charge < -0.3 is 21.3 Å². The molecule has 5 rings (SSSR count). The Hall–Kier alpha value is -4.44. The van der Waals surface area contributed by atoms with Crippen molar-refractivity contribution in [2.75, 3.05) is 6.54 Å². The second-order valence-corrected chi connectivity index (χ2v) is 12.8. The molecule has 1 aliphatic heterocycles. The predicted octanol–water partition coefficient (Wildman–Crippen LogP) is 4.06. The maximum absolute atomic E-state index is 14.3. The summed E-state index contributed by atoms with van der Waals surface area (Å²) in [4.78, 5) is 70.9. The number of hydrogen-bond donors (Lipinski definition) is 3. The molecule has 4 amide bonds. The molecule has 3 fully saturated rings. The highest BCUT2D eigenvalue weighted by molar-refractivity contribution is 6.39. The van der Waals surface area contributed by atoms with Gasteiger partial charge in [0, 0.05) is 17.0 Å². The Kier molecular flexibility index (Phi) is 10.0. The van der Waals surface area contributed by atoms with Crippen LogP contribution in [0.4, 0.5) is 0 Å². The van der Waals surface area contributed by atoms with Crippen LogP contribution in [0, 0.1) is 5.92 Å². The molecule has 0 bridgehead atoms. The molecule has 0 spiro atoms. The van der Waals surface area contributed by atoms with Crippen LogP contribution in [-0.2, 0) is 19.2 Å². The number of fused-ring (bicyclic) bond motifs is 1. The van der Waals surface area contributed by atoms with Crippen molar-refractivity contribution in [1.82, 2.24) is 15.5 Å². The average Bonchev–Trinajstić information content (AvgIpc) is 3.48. The number of carbonyl (C=O) groups excluding carboxylic acids is 5. The number of ketones is 1. The van der Waals surface area contributed by atoms with Crippen molar-refractivity contribution in [3.8, 4) is 0 Å². The van der Waals surface area contributed by atoms with E-state index < -0.39 is 53.1 Å². The molecule has 2 aromatic rings. The zero-order valence-electron chi connectivity index (χ0n) is 25.5. The number of nitrogens with zero attached hydrogens (tertiary/aromatic N) is 4. The minimum atomic E-state index is -1.43. The molecule has 4 N–H and O–H groups in total. The minimum Gasteiger partial charge on any atom is -0.363 e. The fourth-order valence-corrected chi connectivity index (χ4v) is 7.33. The first-order chi connectivity index (χ1) is 21.7. The molecule has 0 aromatic heterocycles. The van der Waals surface area contributed by atoms with Gasteiger partial charge in [-0.1, -0.05) is 86.8 Å². The van der Waals surface area contributed by atoms with Gasteiger partial charge in [0.25, 0.3) is 11.8 Å². The molecule has 238 valence electrons. The number of azide groups is 1. The Bertz CT molecular complexity index is 1510. The molecular formula is C33H41N7O5. The van der Waals surface area contributed by atoms with Crippen molar-refractivity contribution in [2.45, 2.75) is 101 Å². The summed E-state index contributed by atoms with van der Waals surface area (Å²) in [6.07, 6.45) is 8.26. The molecule has 1 heterocycles. The van der Waals surface area contributed by atoms with Crippen LogP contribution in [0.1, 0.15) is 87.4 Å². The van der Waals surface area contributed by atoms with Crippen LogP contribution in [0.2, 0.25) is 0 Å². The lowest BCUT2D eigenvalue weighted by atomic mass is 9.78. The molecule has 2 aliphatic carbocycles. The van der Waals surface area contributed by atoms with Crippen LogP contribution in [0.15, 0.2) is 47.6 Å². The number of amides is 4. The molecule has 0 radical (unpaired) electrons. The van der Waals surface area contributed by atoms with E-state index in [0.29, 0.717) is 24.8 Å². The summed E-state index contributed by atoms with van der Waals surface area (Å²) >= 11 is 0. The van der Waals surface area contributed by atoms with Gasteiger partial charge in [-0.3, -0.25) is 24.0 Å². The molecule has 1 saturated heterocycles. The normalized spacial score (nSPS) is 22.2. The first-order valence-corrected chi connectivity index (χ1v) is 16.0. The number of primary amides is 1.